The molecule has 4 aliphatic rings. The molecule has 2 aliphatic heterocycles. The number of hydrogen-bond donors (Lipinski definition) is 1. The third kappa shape index (κ3) is 8.42. The number of nitrogens with one attached hydrogen (secondary N) is 1. The molecule has 1 N–H and O–H groups in total. The van der Waals surface area contributed by atoms with Crippen molar-refractivity contribution in [3.05, 3.63) is 59.2 Å². The molecule has 3 fully saturated rings. The predicted octanol–water partition coefficient (Wildman–Crippen LogP) is 6.00. The molecular formula is C43H56N3O7+. The summed E-state index contributed by atoms with van der Waals surface area (Å²) < 4.78 is 14.0. The van der Waals surface area contributed by atoms with Gasteiger partial charge in [0.25, 0.3) is 0 Å². The van der Waals surface area contributed by atoms with Crippen molar-refractivity contribution in [3.8, 4) is 5.75 Å². The summed E-state index contributed by atoms with van der Waals surface area (Å²) in [4.78, 5) is 70.8. The normalized spacial score (nSPS) is 24.6. The number of likely N-dealkylation sites (tertiary alicyclic amines) is 1. The van der Waals surface area contributed by atoms with E-state index in [0.717, 1.165) is 41.0 Å². The monoisotopic (exact) mass is 726 g/mol. The van der Waals surface area contributed by atoms with E-state index in [0.29, 0.717) is 31.7 Å². The fraction of sp³-hybridized carbons (Fsp3) is 0.581. The van der Waals surface area contributed by atoms with Crippen LogP contribution in [0.25, 0.3) is 0 Å². The first kappa shape index (κ1) is 38.4. The van der Waals surface area contributed by atoms with Crippen LogP contribution in [0.1, 0.15) is 102 Å². The van der Waals surface area contributed by atoms with Crippen LogP contribution in [0, 0.1) is 37.0 Å². The highest BCUT2D eigenvalue weighted by atomic mass is 16.5. The summed E-state index contributed by atoms with van der Waals surface area (Å²) >= 11 is 0. The first-order chi connectivity index (χ1) is 25.1. The van der Waals surface area contributed by atoms with Crippen LogP contribution in [0.3, 0.4) is 0 Å². The van der Waals surface area contributed by atoms with Crippen molar-refractivity contribution >= 4 is 41.3 Å². The quantitative estimate of drug-likeness (QED) is 0.177. The minimum atomic E-state index is -0.902. The molecule has 2 saturated carbocycles. The van der Waals surface area contributed by atoms with Crippen LogP contribution in [0.5, 0.6) is 5.75 Å². The molecular weight excluding hydrogens is 670 g/mol. The second kappa shape index (κ2) is 15.2. The highest BCUT2D eigenvalue weighted by Gasteiger charge is 2.57. The van der Waals surface area contributed by atoms with Gasteiger partial charge in [0.15, 0.2) is 23.7 Å². The molecule has 53 heavy (non-hydrogen) atoms. The van der Waals surface area contributed by atoms with Gasteiger partial charge in [0.2, 0.25) is 23.3 Å². The van der Waals surface area contributed by atoms with Gasteiger partial charge in [-0.15, -0.1) is 0 Å². The minimum Gasteiger partial charge on any atom is -0.496 e. The van der Waals surface area contributed by atoms with Gasteiger partial charge in [-0.3, -0.25) is 24.0 Å². The van der Waals surface area contributed by atoms with E-state index < -0.39 is 40.6 Å². The Kier molecular flexibility index (Phi) is 11.0. The molecule has 6 rings (SSSR count). The SMILES string of the molecule is CCCC(=O)C(=O)[C@@H](CC(=O)[C@@H]1C[C@@]2(CN1C(=O)[C@@H](NC(=O)[C@@H]1CC1c1ccccc1)C(C)(C)C)C[N+](c1cc(C)c(OC)c(C)c1)=CO2)CC1CC1. The van der Waals surface area contributed by atoms with Crippen LogP contribution in [-0.4, -0.2) is 82.9 Å². The van der Waals surface area contributed by atoms with E-state index in [1.54, 1.807) is 18.4 Å². The number of rotatable bonds is 15. The standard InChI is InChI=1S/C43H55N3O7/c1-8-12-35(47)37(49)30(19-28-15-16-28)20-36(48)34-22-43(23-45(25-53-43)31-17-26(2)38(52-7)27(3)18-31)24-46(34)41(51)39(42(4,5)6)44-40(50)33-21-32(33)29-13-10-9-11-14-29/h9-11,13-14,17-18,25,28,30,32-34,39H,8,12,15-16,19-24H2,1-7H3/p+1/t30-,32?,33-,34+,39-,43+/m1/s1. The molecule has 2 aliphatic carbocycles. The highest BCUT2D eigenvalue weighted by Crippen LogP contribution is 2.48. The lowest BCUT2D eigenvalue weighted by Crippen LogP contribution is -2.57. The maximum Gasteiger partial charge on any atom is 0.330 e. The number of aryl methyl sites for hydroxylation is 2. The van der Waals surface area contributed by atoms with Gasteiger partial charge in [-0.1, -0.05) is 70.9 Å². The maximum absolute atomic E-state index is 14.8. The molecule has 0 aromatic heterocycles. The molecule has 2 aromatic rings. The van der Waals surface area contributed by atoms with E-state index in [1.807, 2.05) is 88.6 Å². The Balaban J connectivity index is 1.26. The van der Waals surface area contributed by atoms with Crippen molar-refractivity contribution in [2.24, 2.45) is 23.2 Å². The molecule has 1 spiro atoms. The van der Waals surface area contributed by atoms with Crippen LogP contribution in [0.2, 0.25) is 0 Å². The second-order valence-corrected chi connectivity index (χ2v) is 17.1. The van der Waals surface area contributed by atoms with Crippen molar-refractivity contribution in [2.45, 2.75) is 117 Å². The van der Waals surface area contributed by atoms with Crippen LogP contribution in [0.15, 0.2) is 42.5 Å². The summed E-state index contributed by atoms with van der Waals surface area (Å²) in [6, 6.07) is 12.2. The number of carbonyl (C=O) groups excluding carboxylic acids is 5. The van der Waals surface area contributed by atoms with Gasteiger partial charge >= 0.3 is 6.40 Å². The molecule has 10 nitrogen and oxygen atoms in total. The fourth-order valence-corrected chi connectivity index (χ4v) is 8.41. The van der Waals surface area contributed by atoms with E-state index in [9.17, 15) is 24.0 Å². The van der Waals surface area contributed by atoms with E-state index >= 15 is 0 Å². The smallest absolute Gasteiger partial charge is 0.330 e. The van der Waals surface area contributed by atoms with Crippen molar-refractivity contribution in [1.29, 1.82) is 0 Å². The van der Waals surface area contributed by atoms with Crippen molar-refractivity contribution in [3.63, 3.8) is 0 Å². The lowest BCUT2D eigenvalue weighted by atomic mass is 9.84. The lowest BCUT2D eigenvalue weighted by Gasteiger charge is -2.35. The Hall–Kier alpha value is -4.34. The second-order valence-electron chi connectivity index (χ2n) is 17.1. The number of hydrogen-bond acceptors (Lipinski definition) is 7. The fourth-order valence-electron chi connectivity index (χ4n) is 8.41. The molecule has 284 valence electrons. The average molecular weight is 727 g/mol. The Labute approximate surface area is 313 Å². The summed E-state index contributed by atoms with van der Waals surface area (Å²) in [6.07, 6.45) is 5.71. The number of ketones is 3. The molecule has 10 heteroatoms. The zero-order chi connectivity index (χ0) is 38.2. The molecule has 1 saturated heterocycles. The minimum absolute atomic E-state index is 0.103. The third-order valence-corrected chi connectivity index (χ3v) is 11.6. The van der Waals surface area contributed by atoms with E-state index in [1.165, 1.54) is 0 Å². The molecule has 6 atom stereocenters. The largest absolute Gasteiger partial charge is 0.496 e. The first-order valence-corrected chi connectivity index (χ1v) is 19.3. The number of Topliss-reactive ketones (excluding diaryl/α,β-unsaturated/α-hetero) is 3. The Morgan fingerprint density at radius 3 is 2.34 bits per heavy atom. The van der Waals surface area contributed by atoms with Crippen LogP contribution >= 0.6 is 0 Å². The van der Waals surface area contributed by atoms with Gasteiger partial charge in [-0.05, 0) is 67.1 Å². The predicted molar refractivity (Wildman–Crippen MR) is 201 cm³/mol. The molecule has 1 unspecified atom stereocenters. The van der Waals surface area contributed by atoms with Gasteiger partial charge in [-0.25, -0.2) is 0 Å². The van der Waals surface area contributed by atoms with Crippen LogP contribution in [-0.2, 0) is 28.7 Å². The number of nitrogens with zero attached hydrogens (tertiary/aromatic N) is 2. The summed E-state index contributed by atoms with van der Waals surface area (Å²) in [5.74, 6) is -1.35. The molecule has 2 aromatic carbocycles. The van der Waals surface area contributed by atoms with Crippen molar-refractivity contribution < 1.29 is 38.0 Å². The summed E-state index contributed by atoms with van der Waals surface area (Å²) in [5, 5.41) is 3.10. The van der Waals surface area contributed by atoms with Gasteiger partial charge in [0.1, 0.15) is 11.8 Å². The summed E-state index contributed by atoms with van der Waals surface area (Å²) in [5.41, 5.74) is 2.40. The zero-order valence-electron chi connectivity index (χ0n) is 32.4. The Morgan fingerprint density at radius 2 is 1.74 bits per heavy atom. The number of ether oxygens (including phenoxy) is 2. The molecule has 0 radical (unpaired) electrons. The maximum atomic E-state index is 14.8. The number of benzene rings is 2. The average Bonchev–Trinajstić information content (AvgIpc) is 4.04. The number of amides is 2. The summed E-state index contributed by atoms with van der Waals surface area (Å²) in [6.45, 7) is 12.1. The van der Waals surface area contributed by atoms with Gasteiger partial charge in [0, 0.05) is 43.2 Å². The first-order valence-electron chi connectivity index (χ1n) is 19.3. The van der Waals surface area contributed by atoms with Gasteiger partial charge in [-0.2, -0.15) is 4.58 Å². The Morgan fingerprint density at radius 1 is 1.06 bits per heavy atom. The van der Waals surface area contributed by atoms with Crippen molar-refractivity contribution in [2.75, 3.05) is 20.2 Å². The topological polar surface area (TPSA) is 122 Å². The molecule has 2 amide bonds. The lowest BCUT2D eigenvalue weighted by molar-refractivity contribution is -0.434. The van der Waals surface area contributed by atoms with Crippen molar-refractivity contribution in [1.82, 2.24) is 10.2 Å². The molecule has 2 heterocycles. The Bertz CT molecular complexity index is 1770. The summed E-state index contributed by atoms with van der Waals surface area (Å²) in [7, 11) is 1.65. The van der Waals surface area contributed by atoms with E-state index in [2.05, 4.69) is 5.32 Å². The number of carbonyl (C=O) groups is 5. The van der Waals surface area contributed by atoms with E-state index in [4.69, 9.17) is 9.47 Å². The van der Waals surface area contributed by atoms with Gasteiger partial charge < -0.3 is 19.7 Å². The highest BCUT2D eigenvalue weighted by molar-refractivity contribution is 6.38. The zero-order valence-corrected chi connectivity index (χ0v) is 32.4. The third-order valence-electron chi connectivity index (χ3n) is 11.6. The molecule has 0 bridgehead atoms. The van der Waals surface area contributed by atoms with E-state index in [-0.39, 0.29) is 55.2 Å². The number of methoxy groups -OCH3 is 1. The van der Waals surface area contributed by atoms with Crippen LogP contribution < -0.4 is 10.1 Å². The van der Waals surface area contributed by atoms with Gasteiger partial charge in [0.05, 0.1) is 19.7 Å². The van der Waals surface area contributed by atoms with Crippen LogP contribution in [0.4, 0.5) is 5.69 Å².